The third kappa shape index (κ3) is 3.69. The zero-order valence-corrected chi connectivity index (χ0v) is 17.4. The minimum absolute atomic E-state index is 0.0227. The maximum atomic E-state index is 13.1. The number of pyridine rings is 1. The van der Waals surface area contributed by atoms with Gasteiger partial charge in [0.15, 0.2) is 11.5 Å². The van der Waals surface area contributed by atoms with E-state index in [1.165, 1.54) is 4.90 Å². The predicted molar refractivity (Wildman–Crippen MR) is 113 cm³/mol. The SMILES string of the molecule is O=C1C(=O)N(CCN2CCOCC2)C(c2ccccn2)/C1=C(\O)c1ccc2c(c1)OCO2. The van der Waals surface area contributed by atoms with Crippen molar-refractivity contribution in [3.05, 3.63) is 59.4 Å². The lowest BCUT2D eigenvalue weighted by atomic mass is 9.98. The zero-order valence-electron chi connectivity index (χ0n) is 17.4. The van der Waals surface area contributed by atoms with Crippen LogP contribution in [0, 0.1) is 0 Å². The molecule has 9 heteroatoms. The number of Topliss-reactive ketones (excluding diaryl/α,β-unsaturated/α-hetero) is 1. The number of rotatable bonds is 5. The summed E-state index contributed by atoms with van der Waals surface area (Å²) in [5.41, 5.74) is 0.923. The lowest BCUT2D eigenvalue weighted by Crippen LogP contribution is -2.42. The Hall–Kier alpha value is -3.43. The van der Waals surface area contributed by atoms with E-state index in [2.05, 4.69) is 9.88 Å². The Balaban J connectivity index is 1.52. The van der Waals surface area contributed by atoms with Crippen LogP contribution in [0.2, 0.25) is 0 Å². The molecule has 166 valence electrons. The molecule has 32 heavy (non-hydrogen) atoms. The topological polar surface area (TPSA) is 101 Å². The highest BCUT2D eigenvalue weighted by Crippen LogP contribution is 2.40. The summed E-state index contributed by atoms with van der Waals surface area (Å²) < 4.78 is 16.1. The zero-order chi connectivity index (χ0) is 22.1. The third-order valence-electron chi connectivity index (χ3n) is 5.91. The predicted octanol–water partition coefficient (Wildman–Crippen LogP) is 1.56. The number of aromatic nitrogens is 1. The molecule has 1 unspecified atom stereocenters. The summed E-state index contributed by atoms with van der Waals surface area (Å²) in [5.74, 6) is -0.584. The van der Waals surface area contributed by atoms with Gasteiger partial charge in [-0.2, -0.15) is 0 Å². The standard InChI is InChI=1S/C23H23N3O6/c27-21(15-4-5-17-18(13-15)32-14-31-17)19-20(16-3-1-2-6-24-16)26(23(29)22(19)28)8-7-25-9-11-30-12-10-25/h1-6,13,20,27H,7-12,14H2/b21-19+. The number of carbonyl (C=O) groups excluding carboxylic acids is 2. The summed E-state index contributed by atoms with van der Waals surface area (Å²) in [7, 11) is 0. The minimum atomic E-state index is -0.775. The fourth-order valence-corrected chi connectivity index (χ4v) is 4.23. The molecule has 0 radical (unpaired) electrons. The number of fused-ring (bicyclic) bond motifs is 1. The van der Waals surface area contributed by atoms with Gasteiger partial charge in [-0.25, -0.2) is 0 Å². The van der Waals surface area contributed by atoms with Crippen molar-refractivity contribution in [3.8, 4) is 11.5 Å². The van der Waals surface area contributed by atoms with E-state index in [1.54, 1.807) is 42.6 Å². The number of benzene rings is 1. The highest BCUT2D eigenvalue weighted by atomic mass is 16.7. The molecule has 2 saturated heterocycles. The van der Waals surface area contributed by atoms with Crippen molar-refractivity contribution in [2.45, 2.75) is 6.04 Å². The van der Waals surface area contributed by atoms with Gasteiger partial charge >= 0.3 is 0 Å². The molecular formula is C23H23N3O6. The number of hydrogen-bond donors (Lipinski definition) is 1. The van der Waals surface area contributed by atoms with E-state index in [0.29, 0.717) is 49.1 Å². The summed E-state index contributed by atoms with van der Waals surface area (Å²) in [6.07, 6.45) is 1.61. The van der Waals surface area contributed by atoms with Crippen molar-refractivity contribution in [1.82, 2.24) is 14.8 Å². The van der Waals surface area contributed by atoms with Crippen LogP contribution in [0.3, 0.4) is 0 Å². The lowest BCUT2D eigenvalue weighted by Gasteiger charge is -2.30. The van der Waals surface area contributed by atoms with E-state index in [9.17, 15) is 14.7 Å². The lowest BCUT2D eigenvalue weighted by molar-refractivity contribution is -0.140. The Labute approximate surface area is 184 Å². The Bertz CT molecular complexity index is 1060. The Morgan fingerprint density at radius 1 is 1.06 bits per heavy atom. The van der Waals surface area contributed by atoms with Crippen LogP contribution < -0.4 is 9.47 Å². The molecule has 0 aliphatic carbocycles. The van der Waals surface area contributed by atoms with E-state index in [0.717, 1.165) is 13.1 Å². The molecule has 0 saturated carbocycles. The van der Waals surface area contributed by atoms with Gasteiger partial charge in [0.05, 0.1) is 24.5 Å². The Morgan fingerprint density at radius 2 is 1.88 bits per heavy atom. The second-order valence-corrected chi connectivity index (χ2v) is 7.77. The number of nitrogens with zero attached hydrogens (tertiary/aromatic N) is 3. The summed E-state index contributed by atoms with van der Waals surface area (Å²) in [5, 5.41) is 11.1. The molecule has 0 spiro atoms. The molecule has 1 amide bonds. The first-order chi connectivity index (χ1) is 15.6. The van der Waals surface area contributed by atoms with Gasteiger partial charge in [0.1, 0.15) is 11.8 Å². The van der Waals surface area contributed by atoms with Crippen LogP contribution in [0.15, 0.2) is 48.2 Å². The van der Waals surface area contributed by atoms with E-state index >= 15 is 0 Å². The van der Waals surface area contributed by atoms with E-state index < -0.39 is 17.7 Å². The smallest absolute Gasteiger partial charge is 0.295 e. The number of likely N-dealkylation sites (tertiary alicyclic amines) is 1. The Morgan fingerprint density at radius 3 is 2.66 bits per heavy atom. The highest BCUT2D eigenvalue weighted by Gasteiger charge is 2.46. The van der Waals surface area contributed by atoms with Crippen molar-refractivity contribution < 1.29 is 28.9 Å². The van der Waals surface area contributed by atoms with Gasteiger partial charge in [-0.3, -0.25) is 19.5 Å². The van der Waals surface area contributed by atoms with Crippen LogP contribution in [-0.4, -0.2) is 77.8 Å². The summed E-state index contributed by atoms with van der Waals surface area (Å²) in [4.78, 5) is 34.2. The molecule has 1 N–H and O–H groups in total. The van der Waals surface area contributed by atoms with Gasteiger partial charge in [-0.1, -0.05) is 6.07 Å². The monoisotopic (exact) mass is 437 g/mol. The number of aliphatic hydroxyl groups is 1. The number of amides is 1. The van der Waals surface area contributed by atoms with Crippen LogP contribution in [0.5, 0.6) is 11.5 Å². The number of ether oxygens (including phenoxy) is 3. The fourth-order valence-electron chi connectivity index (χ4n) is 4.23. The first kappa shape index (κ1) is 20.5. The maximum absolute atomic E-state index is 13.1. The fraction of sp³-hybridized carbons (Fsp3) is 0.348. The average molecular weight is 437 g/mol. The van der Waals surface area contributed by atoms with Crippen LogP contribution in [0.1, 0.15) is 17.3 Å². The van der Waals surface area contributed by atoms with Gasteiger partial charge in [-0.15, -0.1) is 0 Å². The van der Waals surface area contributed by atoms with Crippen LogP contribution in [0.25, 0.3) is 5.76 Å². The normalized spacial score (nSPS) is 22.5. The first-order valence-corrected chi connectivity index (χ1v) is 10.5. The number of ketones is 1. The molecule has 9 nitrogen and oxygen atoms in total. The largest absolute Gasteiger partial charge is 0.507 e. The highest BCUT2D eigenvalue weighted by molar-refractivity contribution is 6.46. The van der Waals surface area contributed by atoms with Gasteiger partial charge in [0, 0.05) is 37.9 Å². The molecule has 1 aromatic heterocycles. The van der Waals surface area contributed by atoms with E-state index in [1.807, 2.05) is 0 Å². The average Bonchev–Trinajstić information content (AvgIpc) is 3.40. The van der Waals surface area contributed by atoms with Crippen LogP contribution in [-0.2, 0) is 14.3 Å². The maximum Gasteiger partial charge on any atom is 0.295 e. The van der Waals surface area contributed by atoms with Crippen molar-refractivity contribution >= 4 is 17.4 Å². The number of aliphatic hydroxyl groups excluding tert-OH is 1. The second-order valence-electron chi connectivity index (χ2n) is 7.77. The number of carbonyl (C=O) groups is 2. The summed E-state index contributed by atoms with van der Waals surface area (Å²) in [6, 6.07) is 9.45. The second kappa shape index (κ2) is 8.60. The molecule has 3 aliphatic rings. The molecular weight excluding hydrogens is 414 g/mol. The number of morpholine rings is 1. The molecule has 1 aromatic carbocycles. The van der Waals surface area contributed by atoms with Crippen molar-refractivity contribution in [2.75, 3.05) is 46.2 Å². The van der Waals surface area contributed by atoms with E-state index in [4.69, 9.17) is 14.2 Å². The number of hydrogen-bond acceptors (Lipinski definition) is 8. The van der Waals surface area contributed by atoms with Crippen LogP contribution >= 0.6 is 0 Å². The molecule has 1 atom stereocenters. The molecule has 2 aromatic rings. The summed E-state index contributed by atoms with van der Waals surface area (Å²) in [6.45, 7) is 3.87. The minimum Gasteiger partial charge on any atom is -0.507 e. The first-order valence-electron chi connectivity index (χ1n) is 10.5. The van der Waals surface area contributed by atoms with Gasteiger partial charge < -0.3 is 24.2 Å². The van der Waals surface area contributed by atoms with Crippen molar-refractivity contribution in [3.63, 3.8) is 0 Å². The molecule has 5 rings (SSSR count). The van der Waals surface area contributed by atoms with Gasteiger partial charge in [0.2, 0.25) is 6.79 Å². The van der Waals surface area contributed by atoms with Crippen LogP contribution in [0.4, 0.5) is 0 Å². The third-order valence-corrected chi connectivity index (χ3v) is 5.91. The Kier molecular flexibility index (Phi) is 5.50. The quantitative estimate of drug-likeness (QED) is 0.427. The van der Waals surface area contributed by atoms with Crippen molar-refractivity contribution in [1.29, 1.82) is 0 Å². The van der Waals surface area contributed by atoms with E-state index in [-0.39, 0.29) is 18.1 Å². The van der Waals surface area contributed by atoms with Crippen molar-refractivity contribution in [2.24, 2.45) is 0 Å². The molecule has 2 fully saturated rings. The molecule has 4 heterocycles. The summed E-state index contributed by atoms with van der Waals surface area (Å²) >= 11 is 0. The molecule has 0 bridgehead atoms. The van der Waals surface area contributed by atoms with Gasteiger partial charge in [-0.05, 0) is 30.3 Å². The molecule has 3 aliphatic heterocycles. The van der Waals surface area contributed by atoms with Gasteiger partial charge in [0.25, 0.3) is 11.7 Å².